The monoisotopic (exact) mass is 542 g/mol. The van der Waals surface area contributed by atoms with Gasteiger partial charge in [-0.1, -0.05) is 44.2 Å². The molecule has 1 aromatic heterocycles. The van der Waals surface area contributed by atoms with E-state index in [-0.39, 0.29) is 11.5 Å². The Labute approximate surface area is 235 Å². The summed E-state index contributed by atoms with van der Waals surface area (Å²) >= 11 is 0. The Morgan fingerprint density at radius 3 is 2.52 bits per heavy atom. The number of fused-ring (bicyclic) bond motifs is 3. The predicted octanol–water partition coefficient (Wildman–Crippen LogP) is 4.32. The topological polar surface area (TPSA) is 89.1 Å². The smallest absolute Gasteiger partial charge is 0.339 e. The van der Waals surface area contributed by atoms with Gasteiger partial charge in [-0.2, -0.15) is 0 Å². The molecule has 2 saturated heterocycles. The molecule has 0 spiro atoms. The number of hydrogen-bond acceptors (Lipinski definition) is 5. The zero-order chi connectivity index (χ0) is 27.9. The number of nitrogens with zero attached hydrogens (tertiary/aromatic N) is 3. The third kappa shape index (κ3) is 5.19. The van der Waals surface area contributed by atoms with Crippen LogP contribution < -0.4 is 0 Å². The van der Waals surface area contributed by atoms with E-state index in [4.69, 9.17) is 4.74 Å². The number of aromatic nitrogens is 1. The number of hydrogen-bond donors (Lipinski definition) is 2. The van der Waals surface area contributed by atoms with Gasteiger partial charge in [-0.3, -0.25) is 14.6 Å². The molecule has 0 radical (unpaired) electrons. The van der Waals surface area contributed by atoms with E-state index in [9.17, 15) is 14.7 Å². The molecule has 2 aromatic carbocycles. The molecule has 0 unspecified atom stereocenters. The molecule has 1 amide bonds. The van der Waals surface area contributed by atoms with Crippen molar-refractivity contribution in [1.82, 2.24) is 19.7 Å². The van der Waals surface area contributed by atoms with Gasteiger partial charge in [0.2, 0.25) is 0 Å². The molecule has 4 heterocycles. The maximum Gasteiger partial charge on any atom is 0.339 e. The Morgan fingerprint density at radius 1 is 1.02 bits per heavy atom. The molecule has 2 fully saturated rings. The van der Waals surface area contributed by atoms with E-state index in [1.54, 1.807) is 4.90 Å². The first-order valence-corrected chi connectivity index (χ1v) is 14.3. The first-order valence-electron chi connectivity index (χ1n) is 14.3. The number of piperidine rings is 1. The van der Waals surface area contributed by atoms with Gasteiger partial charge in [0.1, 0.15) is 0 Å². The lowest BCUT2D eigenvalue weighted by atomic mass is 9.81. The Bertz CT molecular complexity index is 1440. The number of likely N-dealkylation sites (tertiary alicyclic amines) is 1. The summed E-state index contributed by atoms with van der Waals surface area (Å²) in [7, 11) is 0. The fraction of sp³-hybridized carbons (Fsp3) is 0.438. The molecule has 40 heavy (non-hydrogen) atoms. The number of carboxylic acids is 1. The summed E-state index contributed by atoms with van der Waals surface area (Å²) in [5.41, 5.74) is 3.71. The molecule has 6 rings (SSSR count). The molecule has 210 valence electrons. The van der Waals surface area contributed by atoms with Gasteiger partial charge in [-0.05, 0) is 55.3 Å². The van der Waals surface area contributed by atoms with Crippen LogP contribution in [-0.2, 0) is 21.5 Å². The standard InChI is InChI=1S/C32H38N4O4/c1-32(2)21-36(20-26(31(38)39)29-28(32)25-8-3-4-9-27(25)33-29)30(37)23-7-5-6-22(18-23)19-34-12-10-24(11-13-34)35-14-16-40-17-15-35/h3-9,18,20,24,33H,10-17,19,21H2,1-2H3,(H,38,39). The van der Waals surface area contributed by atoms with E-state index in [0.717, 1.165) is 80.8 Å². The van der Waals surface area contributed by atoms with Gasteiger partial charge in [0.15, 0.2) is 0 Å². The number of nitrogens with one attached hydrogen (secondary N) is 1. The molecule has 0 aliphatic carbocycles. The summed E-state index contributed by atoms with van der Waals surface area (Å²) in [5, 5.41) is 11.2. The van der Waals surface area contributed by atoms with Crippen molar-refractivity contribution in [2.24, 2.45) is 0 Å². The zero-order valence-corrected chi connectivity index (χ0v) is 23.4. The van der Waals surface area contributed by atoms with Crippen molar-refractivity contribution in [2.75, 3.05) is 45.9 Å². The van der Waals surface area contributed by atoms with Crippen LogP contribution in [0.2, 0.25) is 0 Å². The SMILES string of the molecule is CC1(C)CN(C(=O)c2cccc(CN3CCC(N4CCOCC4)CC3)c2)C=C(C(=O)O)c2[nH]c3ccccc3c21. The molecular weight excluding hydrogens is 504 g/mol. The van der Waals surface area contributed by atoms with Crippen LogP contribution in [-0.4, -0.2) is 88.6 Å². The zero-order valence-electron chi connectivity index (χ0n) is 23.4. The molecule has 0 saturated carbocycles. The summed E-state index contributed by atoms with van der Waals surface area (Å²) in [6.45, 7) is 11.1. The highest BCUT2D eigenvalue weighted by molar-refractivity contribution is 6.17. The molecular formula is C32H38N4O4. The number of aliphatic carboxylic acids is 1. The first-order chi connectivity index (χ1) is 19.3. The third-order valence-corrected chi connectivity index (χ3v) is 8.69. The third-order valence-electron chi connectivity index (χ3n) is 8.69. The Morgan fingerprint density at radius 2 is 1.77 bits per heavy atom. The summed E-state index contributed by atoms with van der Waals surface area (Å²) in [4.78, 5) is 36.2. The summed E-state index contributed by atoms with van der Waals surface area (Å²) in [6.07, 6.45) is 3.81. The maximum absolute atomic E-state index is 13.9. The fourth-order valence-corrected chi connectivity index (χ4v) is 6.72. The number of carboxylic acid groups (broad SMARTS) is 1. The van der Waals surface area contributed by atoms with Crippen molar-refractivity contribution in [3.63, 3.8) is 0 Å². The molecule has 3 aliphatic rings. The largest absolute Gasteiger partial charge is 0.478 e. The molecule has 0 bridgehead atoms. The molecule has 3 aromatic rings. The van der Waals surface area contributed by atoms with Crippen molar-refractivity contribution >= 4 is 28.4 Å². The highest BCUT2D eigenvalue weighted by atomic mass is 16.5. The van der Waals surface area contributed by atoms with Crippen LogP contribution in [0.5, 0.6) is 0 Å². The van der Waals surface area contributed by atoms with E-state index in [2.05, 4.69) is 34.7 Å². The van der Waals surface area contributed by atoms with E-state index >= 15 is 0 Å². The van der Waals surface area contributed by atoms with E-state index in [1.807, 2.05) is 42.5 Å². The average molecular weight is 543 g/mol. The van der Waals surface area contributed by atoms with E-state index in [0.29, 0.717) is 23.8 Å². The van der Waals surface area contributed by atoms with Crippen LogP contribution in [0.15, 0.2) is 54.7 Å². The van der Waals surface area contributed by atoms with Gasteiger partial charge in [-0.25, -0.2) is 4.79 Å². The highest BCUT2D eigenvalue weighted by Crippen LogP contribution is 2.40. The fourth-order valence-electron chi connectivity index (χ4n) is 6.72. The van der Waals surface area contributed by atoms with Gasteiger partial charge in [-0.15, -0.1) is 0 Å². The molecule has 2 N–H and O–H groups in total. The number of benzene rings is 2. The van der Waals surface area contributed by atoms with Crippen molar-refractivity contribution in [3.8, 4) is 0 Å². The maximum atomic E-state index is 13.9. The summed E-state index contributed by atoms with van der Waals surface area (Å²) in [5.74, 6) is -1.24. The summed E-state index contributed by atoms with van der Waals surface area (Å²) < 4.78 is 5.51. The Balaban J connectivity index is 1.20. The number of H-pyrrole nitrogens is 1. The van der Waals surface area contributed by atoms with E-state index in [1.165, 1.54) is 6.20 Å². The molecule has 3 aliphatic heterocycles. The van der Waals surface area contributed by atoms with Crippen LogP contribution in [0.4, 0.5) is 0 Å². The van der Waals surface area contributed by atoms with Gasteiger partial charge < -0.3 is 19.7 Å². The second kappa shape index (κ2) is 10.8. The minimum absolute atomic E-state index is 0.101. The number of morpholine rings is 1. The van der Waals surface area contributed by atoms with Gasteiger partial charge in [0, 0.05) is 60.3 Å². The van der Waals surface area contributed by atoms with Gasteiger partial charge in [0.05, 0.1) is 24.5 Å². The lowest BCUT2D eigenvalue weighted by Gasteiger charge is -2.40. The first kappa shape index (κ1) is 26.7. The number of para-hydroxylation sites is 1. The number of carbonyl (C=O) groups is 2. The van der Waals surface area contributed by atoms with Crippen molar-refractivity contribution in [3.05, 3.63) is 77.1 Å². The van der Waals surface area contributed by atoms with Gasteiger partial charge in [0.25, 0.3) is 5.91 Å². The quantitative estimate of drug-likeness (QED) is 0.499. The number of rotatable bonds is 5. The number of amides is 1. The minimum atomic E-state index is -1.06. The summed E-state index contributed by atoms with van der Waals surface area (Å²) in [6, 6.07) is 16.3. The molecule has 8 heteroatoms. The van der Waals surface area contributed by atoms with E-state index < -0.39 is 11.4 Å². The van der Waals surface area contributed by atoms with Crippen LogP contribution >= 0.6 is 0 Å². The number of carbonyl (C=O) groups excluding carboxylic acids is 1. The number of aromatic amines is 1. The molecule has 0 atom stereocenters. The van der Waals surface area contributed by atoms with Crippen LogP contribution in [0.1, 0.15) is 53.9 Å². The number of ether oxygens (including phenoxy) is 1. The van der Waals surface area contributed by atoms with Crippen molar-refractivity contribution < 1.29 is 19.4 Å². The Hall–Kier alpha value is -3.46. The molecule has 8 nitrogen and oxygen atoms in total. The van der Waals surface area contributed by atoms with Crippen molar-refractivity contribution in [2.45, 2.75) is 44.7 Å². The van der Waals surface area contributed by atoms with Crippen LogP contribution in [0.25, 0.3) is 16.5 Å². The normalized spacial score (nSPS) is 20.6. The Kier molecular flexibility index (Phi) is 7.25. The van der Waals surface area contributed by atoms with Gasteiger partial charge >= 0.3 is 5.97 Å². The highest BCUT2D eigenvalue weighted by Gasteiger charge is 2.37. The lowest BCUT2D eigenvalue weighted by molar-refractivity contribution is -0.130. The van der Waals surface area contributed by atoms with Crippen LogP contribution in [0.3, 0.4) is 0 Å². The second-order valence-corrected chi connectivity index (χ2v) is 11.9. The van der Waals surface area contributed by atoms with Crippen molar-refractivity contribution in [1.29, 1.82) is 0 Å². The lowest BCUT2D eigenvalue weighted by Crippen LogP contribution is -2.48. The predicted molar refractivity (Wildman–Crippen MR) is 155 cm³/mol. The van der Waals surface area contributed by atoms with Crippen LogP contribution in [0, 0.1) is 0 Å². The average Bonchev–Trinajstić information content (AvgIpc) is 3.30. The second-order valence-electron chi connectivity index (χ2n) is 11.9. The minimum Gasteiger partial charge on any atom is -0.478 e.